The molecule has 0 aliphatic heterocycles. The first-order valence-corrected chi connectivity index (χ1v) is 21.1. The average Bonchev–Trinajstić information content (AvgIpc) is 4.04. The molecule has 0 saturated heterocycles. The number of furan rings is 2. The number of rotatable bonds is 6. The van der Waals surface area contributed by atoms with Crippen molar-refractivity contribution >= 4 is 65.7 Å². The van der Waals surface area contributed by atoms with Gasteiger partial charge < -0.3 is 13.4 Å². The predicted octanol–water partition coefficient (Wildman–Crippen LogP) is 15.1. The number of aromatic nitrogens is 4. The van der Waals surface area contributed by atoms with Gasteiger partial charge in [-0.3, -0.25) is 0 Å². The zero-order chi connectivity index (χ0) is 41.4. The van der Waals surface area contributed by atoms with Crippen molar-refractivity contribution < 1.29 is 8.83 Å². The molecular weight excluding hydrogens is 773 g/mol. The topological polar surface area (TPSA) is 69.9 Å². The van der Waals surface area contributed by atoms with Gasteiger partial charge in [-0.2, -0.15) is 0 Å². The van der Waals surface area contributed by atoms with Crippen LogP contribution in [0.5, 0.6) is 0 Å². The molecule has 0 radical (unpaired) electrons. The minimum atomic E-state index is 0.590. The third kappa shape index (κ3) is 5.55. The molecule has 0 bridgehead atoms. The molecule has 9 aromatic carbocycles. The van der Waals surface area contributed by atoms with E-state index in [0.717, 1.165) is 110 Å². The molecule has 0 spiro atoms. The van der Waals surface area contributed by atoms with Gasteiger partial charge in [0.25, 0.3) is 0 Å². The van der Waals surface area contributed by atoms with Crippen LogP contribution in [0.3, 0.4) is 0 Å². The van der Waals surface area contributed by atoms with Crippen LogP contribution in [0.4, 0.5) is 0 Å². The van der Waals surface area contributed by atoms with E-state index >= 15 is 0 Å². The highest BCUT2D eigenvalue weighted by molar-refractivity contribution is 6.27. The van der Waals surface area contributed by atoms with Crippen molar-refractivity contribution in [1.29, 1.82) is 0 Å². The summed E-state index contributed by atoms with van der Waals surface area (Å²) in [5.41, 5.74) is 13.2. The third-order valence-electron chi connectivity index (χ3n) is 12.2. The van der Waals surface area contributed by atoms with Crippen molar-refractivity contribution in [2.45, 2.75) is 0 Å². The Kier molecular flexibility index (Phi) is 7.80. The minimum Gasteiger partial charge on any atom is -0.452 e. The lowest BCUT2D eigenvalue weighted by Gasteiger charge is -2.21. The molecule has 0 saturated carbocycles. The van der Waals surface area contributed by atoms with Gasteiger partial charge in [0.05, 0.1) is 22.1 Å². The van der Waals surface area contributed by atoms with E-state index in [4.69, 9.17) is 23.8 Å². The van der Waals surface area contributed by atoms with Gasteiger partial charge >= 0.3 is 0 Å². The number of nitrogens with zero attached hydrogens (tertiary/aromatic N) is 4. The molecule has 4 aromatic heterocycles. The van der Waals surface area contributed by atoms with Crippen LogP contribution in [0.15, 0.2) is 215 Å². The molecule has 13 aromatic rings. The standard InChI is InChI=1S/C57H34N4O2/c1-5-17-35(18-6-1)45-33-39(57-59-55(37-21-9-3-10-22-37)58-56(60-57)38-23-11-4-12-24-38)34-46(36-19-7-2-8-20-36)51(45)61-47-27-15-13-26-44(47)50-48(61)32-31-42-43-30-29-41-40-25-14-16-28-49(40)62-53(41)54(43)63-52(42)50/h1-34H. The molecule has 0 unspecified atom stereocenters. The summed E-state index contributed by atoms with van der Waals surface area (Å²) in [6, 6.07) is 71.6. The molecule has 0 atom stereocenters. The Labute approximate surface area is 361 Å². The first kappa shape index (κ1) is 35.2. The largest absolute Gasteiger partial charge is 0.452 e. The lowest BCUT2D eigenvalue weighted by molar-refractivity contribution is 0.635. The van der Waals surface area contributed by atoms with Crippen LogP contribution in [-0.2, 0) is 0 Å². The van der Waals surface area contributed by atoms with Gasteiger partial charge in [0, 0.05) is 54.7 Å². The normalized spacial score (nSPS) is 11.8. The Morgan fingerprint density at radius 2 is 0.762 bits per heavy atom. The Morgan fingerprint density at radius 3 is 1.37 bits per heavy atom. The van der Waals surface area contributed by atoms with Crippen molar-refractivity contribution in [2.24, 2.45) is 0 Å². The van der Waals surface area contributed by atoms with E-state index in [0.29, 0.717) is 17.5 Å². The highest BCUT2D eigenvalue weighted by atomic mass is 16.4. The Bertz CT molecular complexity index is 3770. The van der Waals surface area contributed by atoms with Crippen molar-refractivity contribution in [3.8, 4) is 62.1 Å². The number of para-hydroxylation sites is 2. The fourth-order valence-corrected chi connectivity index (χ4v) is 9.39. The first-order chi connectivity index (χ1) is 31.2. The van der Waals surface area contributed by atoms with Crippen molar-refractivity contribution in [3.63, 3.8) is 0 Å². The van der Waals surface area contributed by atoms with E-state index in [-0.39, 0.29) is 0 Å². The Hall–Kier alpha value is -8.61. The monoisotopic (exact) mass is 806 g/mol. The maximum Gasteiger partial charge on any atom is 0.178 e. The third-order valence-corrected chi connectivity index (χ3v) is 12.2. The lowest BCUT2D eigenvalue weighted by Crippen LogP contribution is -2.04. The van der Waals surface area contributed by atoms with Crippen LogP contribution in [-0.4, -0.2) is 19.5 Å². The second-order valence-electron chi connectivity index (χ2n) is 15.9. The summed E-state index contributed by atoms with van der Waals surface area (Å²) >= 11 is 0. The summed E-state index contributed by atoms with van der Waals surface area (Å²) in [5.74, 6) is 1.82. The Balaban J connectivity index is 1.13. The lowest BCUT2D eigenvalue weighted by atomic mass is 9.92. The van der Waals surface area contributed by atoms with E-state index in [1.54, 1.807) is 0 Å². The van der Waals surface area contributed by atoms with Gasteiger partial charge in [0.1, 0.15) is 11.2 Å². The molecule has 63 heavy (non-hydrogen) atoms. The van der Waals surface area contributed by atoms with Gasteiger partial charge in [0.2, 0.25) is 0 Å². The number of fused-ring (bicyclic) bond motifs is 11. The van der Waals surface area contributed by atoms with Gasteiger partial charge in [-0.1, -0.05) is 158 Å². The Morgan fingerprint density at radius 1 is 0.317 bits per heavy atom. The quantitative estimate of drug-likeness (QED) is 0.167. The molecule has 0 aliphatic carbocycles. The van der Waals surface area contributed by atoms with Crippen LogP contribution < -0.4 is 0 Å². The molecule has 0 amide bonds. The van der Waals surface area contributed by atoms with Crippen molar-refractivity contribution in [2.75, 3.05) is 0 Å². The maximum atomic E-state index is 7.04. The molecule has 4 heterocycles. The molecule has 294 valence electrons. The summed E-state index contributed by atoms with van der Waals surface area (Å²) in [7, 11) is 0. The van der Waals surface area contributed by atoms with E-state index in [2.05, 4.69) is 132 Å². The van der Waals surface area contributed by atoms with Crippen LogP contribution >= 0.6 is 0 Å². The average molecular weight is 807 g/mol. The van der Waals surface area contributed by atoms with Crippen molar-refractivity contribution in [1.82, 2.24) is 19.5 Å². The highest BCUT2D eigenvalue weighted by Crippen LogP contribution is 2.47. The number of hydrogen-bond donors (Lipinski definition) is 0. The molecule has 0 fully saturated rings. The van der Waals surface area contributed by atoms with Crippen LogP contribution in [0.1, 0.15) is 0 Å². The van der Waals surface area contributed by atoms with E-state index < -0.39 is 0 Å². The highest BCUT2D eigenvalue weighted by Gasteiger charge is 2.26. The van der Waals surface area contributed by atoms with Crippen LogP contribution in [0, 0.1) is 0 Å². The molecule has 0 aliphatic rings. The number of benzene rings is 9. The SMILES string of the molecule is c1ccc(-c2nc(-c3ccccc3)nc(-c3cc(-c4ccccc4)c(-n4c5ccccc5c5c6oc7c(ccc8c9ccccc9oc87)c6ccc54)c(-c4ccccc4)c3)n2)cc1. The van der Waals surface area contributed by atoms with Gasteiger partial charge in [-0.25, -0.2) is 15.0 Å². The van der Waals surface area contributed by atoms with Crippen LogP contribution in [0.2, 0.25) is 0 Å². The van der Waals surface area contributed by atoms with Gasteiger partial charge in [-0.15, -0.1) is 0 Å². The van der Waals surface area contributed by atoms with Crippen LogP contribution in [0.25, 0.3) is 128 Å². The molecule has 6 nitrogen and oxygen atoms in total. The smallest absolute Gasteiger partial charge is 0.178 e. The summed E-state index contributed by atoms with van der Waals surface area (Å²) in [5, 5.41) is 6.33. The summed E-state index contributed by atoms with van der Waals surface area (Å²) in [6.07, 6.45) is 0. The minimum absolute atomic E-state index is 0.590. The second-order valence-corrected chi connectivity index (χ2v) is 15.9. The molecular formula is C57H34N4O2. The van der Waals surface area contributed by atoms with E-state index in [1.807, 2.05) is 78.9 Å². The fraction of sp³-hybridized carbons (Fsp3) is 0. The summed E-state index contributed by atoms with van der Waals surface area (Å²) in [6.45, 7) is 0. The first-order valence-electron chi connectivity index (χ1n) is 21.1. The second kappa shape index (κ2) is 14.0. The number of hydrogen-bond acceptors (Lipinski definition) is 5. The molecule has 13 rings (SSSR count). The summed E-state index contributed by atoms with van der Waals surface area (Å²) in [4.78, 5) is 15.4. The van der Waals surface area contributed by atoms with Gasteiger partial charge in [-0.05, 0) is 59.7 Å². The predicted molar refractivity (Wildman–Crippen MR) is 256 cm³/mol. The maximum absolute atomic E-state index is 7.04. The zero-order valence-corrected chi connectivity index (χ0v) is 33.7. The van der Waals surface area contributed by atoms with Crippen molar-refractivity contribution in [3.05, 3.63) is 206 Å². The summed E-state index contributed by atoms with van der Waals surface area (Å²) < 4.78 is 16.0. The fourth-order valence-electron chi connectivity index (χ4n) is 9.39. The zero-order valence-electron chi connectivity index (χ0n) is 33.7. The van der Waals surface area contributed by atoms with Gasteiger partial charge in [0.15, 0.2) is 28.6 Å². The van der Waals surface area contributed by atoms with E-state index in [1.165, 1.54) is 0 Å². The van der Waals surface area contributed by atoms with E-state index in [9.17, 15) is 0 Å². The molecule has 6 heteroatoms. The molecule has 0 N–H and O–H groups in total.